The number of amides is 2. The highest BCUT2D eigenvalue weighted by atomic mass is 32.1. The number of carbonyl (C=O) groups excluding carboxylic acids is 3. The van der Waals surface area contributed by atoms with Crippen LogP contribution in [0.2, 0.25) is 0 Å². The fraction of sp³-hybridized carbons (Fsp3) is 0.188. The monoisotopic (exact) mass is 361 g/mol. The van der Waals surface area contributed by atoms with Gasteiger partial charge in [-0.3, -0.25) is 4.79 Å². The lowest BCUT2D eigenvalue weighted by Crippen LogP contribution is -2.35. The molecule has 0 saturated carbocycles. The molecule has 6 nitrogen and oxygen atoms in total. The summed E-state index contributed by atoms with van der Waals surface area (Å²) in [6.45, 7) is -0.108. The lowest BCUT2D eigenvalue weighted by molar-refractivity contribution is -0.131. The number of imide groups is 1. The molecule has 1 fully saturated rings. The van der Waals surface area contributed by atoms with Crippen molar-refractivity contribution in [2.24, 2.45) is 0 Å². The van der Waals surface area contributed by atoms with Gasteiger partial charge in [0.05, 0.1) is 11.2 Å². The van der Waals surface area contributed by atoms with E-state index in [0.717, 1.165) is 19.7 Å². The number of fused-ring (bicyclic) bond motifs is 3. The average molecular weight is 361 g/mol. The van der Waals surface area contributed by atoms with E-state index in [1.165, 1.54) is 16.0 Å². The summed E-state index contributed by atoms with van der Waals surface area (Å²) >= 11 is 2.96. The highest BCUT2D eigenvalue weighted by molar-refractivity contribution is 7.33. The minimum atomic E-state index is -0.695. The fourth-order valence-electron chi connectivity index (χ4n) is 2.50. The molecule has 8 heteroatoms. The fourth-order valence-corrected chi connectivity index (χ4v) is 4.92. The smallest absolute Gasteiger partial charge is 0.416 e. The van der Waals surface area contributed by atoms with Crippen molar-refractivity contribution in [2.45, 2.75) is 0 Å². The number of benzene rings is 1. The van der Waals surface area contributed by atoms with Gasteiger partial charge >= 0.3 is 12.1 Å². The summed E-state index contributed by atoms with van der Waals surface area (Å²) in [5, 5.41) is 1.11. The van der Waals surface area contributed by atoms with Gasteiger partial charge in [-0.05, 0) is 12.1 Å². The molecule has 1 saturated heterocycles. The second kappa shape index (κ2) is 5.88. The third-order valence-corrected chi connectivity index (χ3v) is 6.03. The first kappa shape index (κ1) is 15.1. The number of thiophene rings is 2. The summed E-state index contributed by atoms with van der Waals surface area (Å²) in [7, 11) is 0. The molecule has 122 valence electrons. The van der Waals surface area contributed by atoms with Gasteiger partial charge in [-0.2, -0.15) is 0 Å². The van der Waals surface area contributed by atoms with Crippen LogP contribution >= 0.6 is 22.7 Å². The van der Waals surface area contributed by atoms with Crippen molar-refractivity contribution in [3.63, 3.8) is 0 Å². The number of hydrogen-bond donors (Lipinski definition) is 0. The normalized spacial score (nSPS) is 14.3. The summed E-state index contributed by atoms with van der Waals surface area (Å²) in [4.78, 5) is 36.7. The number of cyclic esters (lactones) is 1. The summed E-state index contributed by atoms with van der Waals surface area (Å²) in [6, 6.07) is 9.77. The van der Waals surface area contributed by atoms with Crippen LogP contribution in [0.1, 0.15) is 9.67 Å². The van der Waals surface area contributed by atoms with Crippen LogP contribution in [0.3, 0.4) is 0 Å². The standard InChI is InChI=1S/C16H11NO5S2/c18-13(17-5-6-21-16(17)20)8-22-15(19)12-7-11-14(24-12)9-3-1-2-4-10(9)23-11/h1-4,7H,5-6,8H2. The molecule has 0 radical (unpaired) electrons. The maximum atomic E-state index is 12.2. The zero-order chi connectivity index (χ0) is 16.7. The summed E-state index contributed by atoms with van der Waals surface area (Å²) in [5.41, 5.74) is 0. The molecule has 1 aliphatic rings. The van der Waals surface area contributed by atoms with Crippen molar-refractivity contribution < 1.29 is 23.9 Å². The van der Waals surface area contributed by atoms with Crippen LogP contribution < -0.4 is 0 Å². The van der Waals surface area contributed by atoms with E-state index in [0.29, 0.717) is 4.88 Å². The largest absolute Gasteiger partial charge is 0.451 e. The molecule has 0 N–H and O–H groups in total. The second-order valence-corrected chi connectivity index (χ2v) is 7.27. The van der Waals surface area contributed by atoms with E-state index in [2.05, 4.69) is 4.74 Å². The van der Waals surface area contributed by atoms with Crippen molar-refractivity contribution in [3.05, 3.63) is 35.2 Å². The molecular formula is C16H11NO5S2. The van der Waals surface area contributed by atoms with Crippen LogP contribution in [0.15, 0.2) is 30.3 Å². The molecule has 0 aliphatic carbocycles. The number of esters is 1. The molecule has 3 aromatic rings. The molecule has 1 aliphatic heterocycles. The molecule has 0 atom stereocenters. The van der Waals surface area contributed by atoms with Crippen molar-refractivity contribution in [2.75, 3.05) is 19.8 Å². The van der Waals surface area contributed by atoms with E-state index < -0.39 is 24.6 Å². The Morgan fingerprint density at radius 2 is 2.04 bits per heavy atom. The van der Waals surface area contributed by atoms with Gasteiger partial charge in [0.1, 0.15) is 11.5 Å². The molecule has 0 unspecified atom stereocenters. The number of nitrogens with zero attached hydrogens (tertiary/aromatic N) is 1. The van der Waals surface area contributed by atoms with Gasteiger partial charge in [-0.1, -0.05) is 18.2 Å². The zero-order valence-corrected chi connectivity index (χ0v) is 13.9. The SMILES string of the molecule is O=C(OCC(=O)N1CCOC1=O)c1cc2sc3ccccc3c2s1. The molecule has 2 amide bonds. The Labute approximate surface area is 144 Å². The average Bonchev–Trinajstić information content (AvgIpc) is 3.26. The predicted molar refractivity (Wildman–Crippen MR) is 90.6 cm³/mol. The Kier molecular flexibility index (Phi) is 3.70. The van der Waals surface area contributed by atoms with E-state index in [4.69, 9.17) is 4.74 Å². The van der Waals surface area contributed by atoms with E-state index in [1.807, 2.05) is 24.3 Å². The topological polar surface area (TPSA) is 72.9 Å². The van der Waals surface area contributed by atoms with Crippen LogP contribution in [-0.4, -0.2) is 42.6 Å². The van der Waals surface area contributed by atoms with Crippen LogP contribution in [-0.2, 0) is 14.3 Å². The van der Waals surface area contributed by atoms with Crippen LogP contribution in [0.5, 0.6) is 0 Å². The van der Waals surface area contributed by atoms with E-state index in [9.17, 15) is 14.4 Å². The van der Waals surface area contributed by atoms with Gasteiger partial charge in [0, 0.05) is 14.8 Å². The third-order valence-electron chi connectivity index (χ3n) is 3.64. The van der Waals surface area contributed by atoms with Crippen molar-refractivity contribution in [1.29, 1.82) is 0 Å². The molecule has 0 spiro atoms. The second-order valence-electron chi connectivity index (χ2n) is 5.14. The summed E-state index contributed by atoms with van der Waals surface area (Å²) < 4.78 is 12.9. The van der Waals surface area contributed by atoms with Crippen molar-refractivity contribution >= 4 is 60.1 Å². The molecule has 24 heavy (non-hydrogen) atoms. The van der Waals surface area contributed by atoms with Crippen LogP contribution in [0.4, 0.5) is 4.79 Å². The number of hydrogen-bond acceptors (Lipinski definition) is 7. The summed E-state index contributed by atoms with van der Waals surface area (Å²) in [5.74, 6) is -1.14. The Bertz CT molecular complexity index is 973. The lowest BCUT2D eigenvalue weighted by Gasteiger charge is -2.10. The number of ether oxygens (including phenoxy) is 2. The minimum absolute atomic E-state index is 0.173. The van der Waals surface area contributed by atoms with Gasteiger partial charge in [-0.25, -0.2) is 14.5 Å². The van der Waals surface area contributed by atoms with Gasteiger partial charge in [0.15, 0.2) is 6.61 Å². The van der Waals surface area contributed by atoms with E-state index >= 15 is 0 Å². The lowest BCUT2D eigenvalue weighted by atomic mass is 10.2. The van der Waals surface area contributed by atoms with E-state index in [-0.39, 0.29) is 13.2 Å². The number of carbonyl (C=O) groups is 3. The van der Waals surface area contributed by atoms with Crippen molar-refractivity contribution in [3.8, 4) is 0 Å². The Hall–Kier alpha value is -2.45. The molecule has 0 bridgehead atoms. The molecule has 1 aromatic carbocycles. The maximum absolute atomic E-state index is 12.2. The van der Waals surface area contributed by atoms with Gasteiger partial charge in [0.25, 0.3) is 5.91 Å². The first-order chi connectivity index (χ1) is 11.6. The molecule has 4 rings (SSSR count). The Balaban J connectivity index is 1.49. The van der Waals surface area contributed by atoms with Crippen molar-refractivity contribution in [1.82, 2.24) is 4.90 Å². The Morgan fingerprint density at radius 1 is 1.21 bits per heavy atom. The zero-order valence-electron chi connectivity index (χ0n) is 12.3. The quantitative estimate of drug-likeness (QED) is 0.670. The predicted octanol–water partition coefficient (Wildman–Crippen LogP) is 3.25. The van der Waals surface area contributed by atoms with Crippen LogP contribution in [0, 0.1) is 0 Å². The first-order valence-corrected chi connectivity index (χ1v) is 8.82. The highest BCUT2D eigenvalue weighted by Gasteiger charge is 2.29. The molecule has 2 aromatic heterocycles. The first-order valence-electron chi connectivity index (χ1n) is 7.19. The van der Waals surface area contributed by atoms with Gasteiger partial charge in [-0.15, -0.1) is 22.7 Å². The number of rotatable bonds is 3. The maximum Gasteiger partial charge on any atom is 0.416 e. The molecular weight excluding hydrogens is 350 g/mol. The summed E-state index contributed by atoms with van der Waals surface area (Å²) in [6.07, 6.45) is -0.695. The Morgan fingerprint density at radius 3 is 2.83 bits per heavy atom. The van der Waals surface area contributed by atoms with Gasteiger partial charge < -0.3 is 9.47 Å². The van der Waals surface area contributed by atoms with Crippen LogP contribution in [0.25, 0.3) is 19.5 Å². The highest BCUT2D eigenvalue weighted by Crippen LogP contribution is 2.39. The minimum Gasteiger partial charge on any atom is -0.451 e. The van der Waals surface area contributed by atoms with Gasteiger partial charge in [0.2, 0.25) is 0 Å². The molecule has 3 heterocycles. The third kappa shape index (κ3) is 2.53. The van der Waals surface area contributed by atoms with E-state index in [1.54, 1.807) is 17.4 Å².